The lowest BCUT2D eigenvalue weighted by Crippen LogP contribution is -2.28. The van der Waals surface area contributed by atoms with Crippen LogP contribution in [0.15, 0.2) is 12.1 Å². The van der Waals surface area contributed by atoms with Gasteiger partial charge in [0.2, 0.25) is 0 Å². The van der Waals surface area contributed by atoms with Gasteiger partial charge in [0, 0.05) is 13.2 Å². The highest BCUT2D eigenvalue weighted by Crippen LogP contribution is 2.18. The van der Waals surface area contributed by atoms with Gasteiger partial charge in [-0.2, -0.15) is 0 Å². The number of aliphatic hydroxyl groups excluding tert-OH is 1. The number of rotatable bonds is 5. The van der Waals surface area contributed by atoms with Gasteiger partial charge < -0.3 is 15.5 Å². The Kier molecular flexibility index (Phi) is 4.85. The number of carbonyl (C=O) groups excluding carboxylic acids is 1. The molecule has 18 heavy (non-hydrogen) atoms. The lowest BCUT2D eigenvalue weighted by molar-refractivity contribution is 0.0690. The molecule has 0 aliphatic heterocycles. The van der Waals surface area contributed by atoms with E-state index in [2.05, 4.69) is 5.32 Å². The maximum absolute atomic E-state index is 12.0. The van der Waals surface area contributed by atoms with Crippen LogP contribution in [-0.4, -0.2) is 35.2 Å². The number of amides is 1. The third kappa shape index (κ3) is 3.07. The molecule has 0 fully saturated rings. The molecule has 1 amide bonds. The highest BCUT2D eigenvalue weighted by molar-refractivity contribution is 6.06. The van der Waals surface area contributed by atoms with Crippen LogP contribution in [0.2, 0.25) is 0 Å². The predicted octanol–water partition coefficient (Wildman–Crippen LogP) is 1.11. The molecule has 0 heterocycles. The van der Waals surface area contributed by atoms with E-state index in [0.717, 1.165) is 0 Å². The molecule has 0 aliphatic carbocycles. The van der Waals surface area contributed by atoms with E-state index in [1.807, 2.05) is 0 Å². The van der Waals surface area contributed by atoms with Crippen molar-refractivity contribution in [3.63, 3.8) is 0 Å². The summed E-state index contributed by atoms with van der Waals surface area (Å²) in [5, 5.41) is 20.4. The Bertz CT molecular complexity index is 468. The molecule has 0 aliphatic rings. The number of carboxylic acids is 1. The summed E-state index contributed by atoms with van der Waals surface area (Å²) in [6, 6.07) is 3.41. The van der Waals surface area contributed by atoms with Gasteiger partial charge in [0.15, 0.2) is 0 Å². The monoisotopic (exact) mass is 251 g/mol. The number of carbonyl (C=O) groups is 2. The van der Waals surface area contributed by atoms with Crippen molar-refractivity contribution in [3.05, 3.63) is 34.4 Å². The third-order valence-corrected chi connectivity index (χ3v) is 2.68. The molecule has 1 rings (SSSR count). The summed E-state index contributed by atoms with van der Waals surface area (Å²) in [5.41, 5.74) is 1.41. The van der Waals surface area contributed by atoms with Crippen molar-refractivity contribution in [1.29, 1.82) is 0 Å². The minimum atomic E-state index is -1.11. The van der Waals surface area contributed by atoms with Crippen molar-refractivity contribution >= 4 is 11.9 Å². The molecule has 0 radical (unpaired) electrons. The molecule has 1 aromatic carbocycles. The molecule has 3 N–H and O–H groups in total. The quantitative estimate of drug-likeness (QED) is 0.684. The van der Waals surface area contributed by atoms with Crippen LogP contribution in [0, 0.1) is 13.8 Å². The predicted molar refractivity (Wildman–Crippen MR) is 66.9 cm³/mol. The second kappa shape index (κ2) is 6.16. The molecular formula is C13H17NO4. The summed E-state index contributed by atoms with van der Waals surface area (Å²) in [6.45, 7) is 3.67. The molecule has 0 atom stereocenters. The fourth-order valence-corrected chi connectivity index (χ4v) is 1.75. The highest BCUT2D eigenvalue weighted by atomic mass is 16.4. The lowest BCUT2D eigenvalue weighted by atomic mass is 9.96. The molecule has 0 bridgehead atoms. The zero-order chi connectivity index (χ0) is 13.7. The topological polar surface area (TPSA) is 86.6 Å². The van der Waals surface area contributed by atoms with Gasteiger partial charge in [-0.25, -0.2) is 4.79 Å². The average Bonchev–Trinajstić information content (AvgIpc) is 2.31. The summed E-state index contributed by atoms with van der Waals surface area (Å²) in [7, 11) is 0. The van der Waals surface area contributed by atoms with Gasteiger partial charge in [0.25, 0.3) is 5.91 Å². The van der Waals surface area contributed by atoms with Crippen molar-refractivity contribution in [1.82, 2.24) is 5.32 Å². The maximum Gasteiger partial charge on any atom is 0.336 e. The van der Waals surface area contributed by atoms with Crippen molar-refractivity contribution in [2.24, 2.45) is 0 Å². The Morgan fingerprint density at radius 3 is 2.22 bits per heavy atom. The van der Waals surface area contributed by atoms with Crippen LogP contribution in [0.5, 0.6) is 0 Å². The second-order valence-electron chi connectivity index (χ2n) is 4.09. The Morgan fingerprint density at radius 1 is 1.17 bits per heavy atom. The summed E-state index contributed by atoms with van der Waals surface area (Å²) >= 11 is 0. The van der Waals surface area contributed by atoms with Gasteiger partial charge in [-0.3, -0.25) is 4.79 Å². The van der Waals surface area contributed by atoms with Crippen molar-refractivity contribution in [2.75, 3.05) is 13.2 Å². The largest absolute Gasteiger partial charge is 0.478 e. The third-order valence-electron chi connectivity index (χ3n) is 2.68. The van der Waals surface area contributed by atoms with Crippen LogP contribution in [0.4, 0.5) is 0 Å². The molecule has 0 aromatic heterocycles. The fourth-order valence-electron chi connectivity index (χ4n) is 1.75. The van der Waals surface area contributed by atoms with Crippen molar-refractivity contribution in [2.45, 2.75) is 20.3 Å². The maximum atomic E-state index is 12.0. The molecule has 5 nitrogen and oxygen atoms in total. The molecule has 0 unspecified atom stereocenters. The first kappa shape index (κ1) is 14.2. The zero-order valence-corrected chi connectivity index (χ0v) is 10.5. The van der Waals surface area contributed by atoms with Gasteiger partial charge >= 0.3 is 5.97 Å². The molecule has 5 heteroatoms. The minimum Gasteiger partial charge on any atom is -0.478 e. The summed E-state index contributed by atoms with van der Waals surface area (Å²) < 4.78 is 0. The number of hydrogen-bond acceptors (Lipinski definition) is 3. The van der Waals surface area contributed by atoms with E-state index in [4.69, 9.17) is 5.11 Å². The Balaban J connectivity index is 3.10. The van der Waals surface area contributed by atoms with E-state index in [1.165, 1.54) is 0 Å². The van der Waals surface area contributed by atoms with Gasteiger partial charge in [0.05, 0.1) is 11.1 Å². The van der Waals surface area contributed by atoms with Crippen LogP contribution >= 0.6 is 0 Å². The highest BCUT2D eigenvalue weighted by Gasteiger charge is 2.20. The number of aryl methyl sites for hydroxylation is 2. The summed E-state index contributed by atoms with van der Waals surface area (Å²) in [5.74, 6) is -1.52. The van der Waals surface area contributed by atoms with Gasteiger partial charge in [-0.1, -0.05) is 12.1 Å². The van der Waals surface area contributed by atoms with E-state index in [1.54, 1.807) is 26.0 Å². The van der Waals surface area contributed by atoms with Crippen molar-refractivity contribution < 1.29 is 19.8 Å². The first-order valence-corrected chi connectivity index (χ1v) is 5.71. The Hall–Kier alpha value is -1.88. The average molecular weight is 251 g/mol. The molecule has 0 saturated heterocycles. The van der Waals surface area contributed by atoms with Crippen LogP contribution in [-0.2, 0) is 0 Å². The van der Waals surface area contributed by atoms with E-state index >= 15 is 0 Å². The van der Waals surface area contributed by atoms with Crippen LogP contribution in [0.3, 0.4) is 0 Å². The summed E-state index contributed by atoms with van der Waals surface area (Å²) in [6.07, 6.45) is 0.443. The number of aliphatic hydroxyl groups is 1. The second-order valence-corrected chi connectivity index (χ2v) is 4.09. The van der Waals surface area contributed by atoms with Crippen LogP contribution < -0.4 is 5.32 Å². The fraction of sp³-hybridized carbons (Fsp3) is 0.385. The van der Waals surface area contributed by atoms with E-state index in [0.29, 0.717) is 24.1 Å². The Morgan fingerprint density at radius 2 is 1.72 bits per heavy atom. The Labute approximate surface area is 105 Å². The normalized spacial score (nSPS) is 10.2. The van der Waals surface area contributed by atoms with Gasteiger partial charge in [-0.05, 0) is 31.4 Å². The minimum absolute atomic E-state index is 0.0150. The summed E-state index contributed by atoms with van der Waals surface area (Å²) in [4.78, 5) is 23.2. The number of hydrogen-bond donors (Lipinski definition) is 3. The van der Waals surface area contributed by atoms with Crippen LogP contribution in [0.1, 0.15) is 38.3 Å². The van der Waals surface area contributed by atoms with E-state index < -0.39 is 11.9 Å². The lowest BCUT2D eigenvalue weighted by Gasteiger charge is -2.12. The first-order valence-electron chi connectivity index (χ1n) is 5.71. The number of carboxylic acid groups (broad SMARTS) is 1. The van der Waals surface area contributed by atoms with Crippen LogP contribution in [0.25, 0.3) is 0 Å². The molecule has 0 saturated carbocycles. The number of benzene rings is 1. The SMILES string of the molecule is Cc1ccc(C)c(C(=O)NCCCO)c1C(=O)O. The van der Waals surface area contributed by atoms with Crippen molar-refractivity contribution in [3.8, 4) is 0 Å². The molecule has 1 aromatic rings. The van der Waals surface area contributed by atoms with Gasteiger partial charge in [0.1, 0.15) is 0 Å². The molecule has 98 valence electrons. The van der Waals surface area contributed by atoms with E-state index in [-0.39, 0.29) is 17.7 Å². The number of nitrogens with one attached hydrogen (secondary N) is 1. The molecule has 0 spiro atoms. The van der Waals surface area contributed by atoms with E-state index in [9.17, 15) is 14.7 Å². The smallest absolute Gasteiger partial charge is 0.336 e. The first-order chi connectivity index (χ1) is 8.49. The number of aromatic carboxylic acids is 1. The standard InChI is InChI=1S/C13H17NO4/c1-8-4-5-9(2)11(13(17)18)10(8)12(16)14-6-3-7-15/h4-5,15H,3,6-7H2,1-2H3,(H,14,16)(H,17,18). The van der Waals surface area contributed by atoms with Gasteiger partial charge in [-0.15, -0.1) is 0 Å². The zero-order valence-electron chi connectivity index (χ0n) is 10.5. The molecular weight excluding hydrogens is 234 g/mol.